The van der Waals surface area contributed by atoms with Crippen molar-refractivity contribution in [2.75, 3.05) is 12.4 Å². The lowest BCUT2D eigenvalue weighted by atomic mass is 10.1. The van der Waals surface area contributed by atoms with Gasteiger partial charge in [0.25, 0.3) is 5.91 Å². The third-order valence-electron chi connectivity index (χ3n) is 5.36. The van der Waals surface area contributed by atoms with Gasteiger partial charge in [-0.3, -0.25) is 4.79 Å². The predicted octanol–water partition coefficient (Wildman–Crippen LogP) is 5.90. The summed E-state index contributed by atoms with van der Waals surface area (Å²) in [6, 6.07) is 22.3. The van der Waals surface area contributed by atoms with Crippen LogP contribution in [0.4, 0.5) is 5.69 Å². The van der Waals surface area contributed by atoms with Gasteiger partial charge in [0.15, 0.2) is 0 Å². The van der Waals surface area contributed by atoms with Crippen molar-refractivity contribution in [3.05, 3.63) is 83.7 Å². The molecular formula is C25H30N2O2. The van der Waals surface area contributed by atoms with Gasteiger partial charge in [0.2, 0.25) is 0 Å². The van der Waals surface area contributed by atoms with Crippen LogP contribution in [0.5, 0.6) is 5.75 Å². The van der Waals surface area contributed by atoms with E-state index in [1.165, 1.54) is 11.3 Å². The van der Waals surface area contributed by atoms with Gasteiger partial charge in [0, 0.05) is 11.7 Å². The highest BCUT2D eigenvalue weighted by atomic mass is 16.5. The Balaban J connectivity index is 1.77. The van der Waals surface area contributed by atoms with E-state index in [0.717, 1.165) is 25.7 Å². The van der Waals surface area contributed by atoms with Crippen molar-refractivity contribution in [3.8, 4) is 5.75 Å². The number of nitrogens with zero attached hydrogens (tertiary/aromatic N) is 1. The van der Waals surface area contributed by atoms with Crippen LogP contribution in [0, 0.1) is 0 Å². The Labute approximate surface area is 173 Å². The van der Waals surface area contributed by atoms with Crippen molar-refractivity contribution in [3.63, 3.8) is 0 Å². The molecule has 29 heavy (non-hydrogen) atoms. The van der Waals surface area contributed by atoms with E-state index in [9.17, 15) is 4.79 Å². The lowest BCUT2D eigenvalue weighted by Crippen LogP contribution is -2.20. The molecule has 0 radical (unpaired) electrons. The maximum Gasteiger partial charge on any atom is 0.272 e. The highest BCUT2D eigenvalue weighted by Crippen LogP contribution is 2.26. The fraction of sp³-hybridized carbons (Fsp3) is 0.320. The molecule has 1 amide bonds. The molecular weight excluding hydrogens is 360 g/mol. The molecule has 3 rings (SSSR count). The number of methoxy groups -OCH3 is 1. The number of para-hydroxylation sites is 2. The SMILES string of the molecule is CC[C@H](C)n1c(CCCc2ccccc2)ccc1C(=O)Nc1ccccc1OC. The molecule has 0 aliphatic heterocycles. The van der Waals surface area contributed by atoms with E-state index in [-0.39, 0.29) is 11.9 Å². The molecule has 1 atom stereocenters. The molecule has 0 aliphatic carbocycles. The van der Waals surface area contributed by atoms with Crippen LogP contribution >= 0.6 is 0 Å². The number of carbonyl (C=O) groups is 1. The minimum absolute atomic E-state index is 0.107. The van der Waals surface area contributed by atoms with Crippen molar-refractivity contribution in [2.45, 2.75) is 45.6 Å². The number of nitrogens with one attached hydrogen (secondary N) is 1. The van der Waals surface area contributed by atoms with Crippen molar-refractivity contribution >= 4 is 11.6 Å². The second-order valence-electron chi connectivity index (χ2n) is 7.33. The maximum absolute atomic E-state index is 13.0. The van der Waals surface area contributed by atoms with E-state index in [0.29, 0.717) is 17.1 Å². The smallest absolute Gasteiger partial charge is 0.272 e. The summed E-state index contributed by atoms with van der Waals surface area (Å²) < 4.78 is 7.55. The first-order valence-electron chi connectivity index (χ1n) is 10.3. The molecule has 1 aromatic heterocycles. The van der Waals surface area contributed by atoms with Gasteiger partial charge < -0.3 is 14.6 Å². The standard InChI is InChI=1S/C25H30N2O2/c1-4-19(2)27-21(14-10-13-20-11-6-5-7-12-20)17-18-23(27)25(28)26-22-15-8-9-16-24(22)29-3/h5-9,11-12,15-19H,4,10,13-14H2,1-3H3,(H,26,28)/t19-/m0/s1. The number of ether oxygens (including phenoxy) is 1. The van der Waals surface area contributed by atoms with Gasteiger partial charge in [-0.05, 0) is 62.4 Å². The zero-order chi connectivity index (χ0) is 20.6. The van der Waals surface area contributed by atoms with Gasteiger partial charge in [-0.1, -0.05) is 49.4 Å². The van der Waals surface area contributed by atoms with Crippen molar-refractivity contribution in [1.29, 1.82) is 0 Å². The third-order valence-corrected chi connectivity index (χ3v) is 5.36. The first-order chi connectivity index (χ1) is 14.1. The Morgan fingerprint density at radius 3 is 2.45 bits per heavy atom. The second-order valence-corrected chi connectivity index (χ2v) is 7.33. The molecule has 3 aromatic rings. The second kappa shape index (κ2) is 9.97. The first kappa shape index (κ1) is 20.7. The first-order valence-corrected chi connectivity index (χ1v) is 10.3. The number of rotatable bonds is 9. The Morgan fingerprint density at radius 2 is 1.72 bits per heavy atom. The molecule has 1 heterocycles. The largest absolute Gasteiger partial charge is 0.495 e. The van der Waals surface area contributed by atoms with Crippen molar-refractivity contribution in [2.24, 2.45) is 0 Å². The van der Waals surface area contributed by atoms with Gasteiger partial charge in [0.05, 0.1) is 12.8 Å². The number of hydrogen-bond acceptors (Lipinski definition) is 2. The molecule has 0 unspecified atom stereocenters. The summed E-state index contributed by atoms with van der Waals surface area (Å²) in [7, 11) is 1.61. The van der Waals surface area contributed by atoms with E-state index >= 15 is 0 Å². The van der Waals surface area contributed by atoms with Crippen molar-refractivity contribution in [1.82, 2.24) is 4.57 Å². The Bertz CT molecular complexity index is 931. The quantitative estimate of drug-likeness (QED) is 0.495. The number of hydrogen-bond donors (Lipinski definition) is 1. The normalized spacial score (nSPS) is 11.8. The number of anilines is 1. The maximum atomic E-state index is 13.0. The summed E-state index contributed by atoms with van der Waals surface area (Å²) in [6.45, 7) is 4.32. The molecule has 0 fully saturated rings. The van der Waals surface area contributed by atoms with Crippen LogP contribution in [0.2, 0.25) is 0 Å². The van der Waals surface area contributed by atoms with E-state index in [1.54, 1.807) is 7.11 Å². The molecule has 1 N–H and O–H groups in total. The van der Waals surface area contributed by atoms with Crippen LogP contribution < -0.4 is 10.1 Å². The van der Waals surface area contributed by atoms with E-state index in [2.05, 4.69) is 54.1 Å². The highest BCUT2D eigenvalue weighted by molar-refractivity contribution is 6.04. The van der Waals surface area contributed by atoms with Gasteiger partial charge in [-0.2, -0.15) is 0 Å². The topological polar surface area (TPSA) is 43.3 Å². The summed E-state index contributed by atoms with van der Waals surface area (Å²) in [5.41, 5.74) is 3.94. The predicted molar refractivity (Wildman–Crippen MR) is 119 cm³/mol. The molecule has 152 valence electrons. The van der Waals surface area contributed by atoms with Gasteiger partial charge >= 0.3 is 0 Å². The Kier molecular flexibility index (Phi) is 7.12. The summed E-state index contributed by atoms with van der Waals surface area (Å²) in [4.78, 5) is 13.0. The van der Waals surface area contributed by atoms with E-state index < -0.39 is 0 Å². The highest BCUT2D eigenvalue weighted by Gasteiger charge is 2.19. The van der Waals surface area contributed by atoms with Crippen LogP contribution in [0.25, 0.3) is 0 Å². The zero-order valence-electron chi connectivity index (χ0n) is 17.5. The minimum atomic E-state index is -0.107. The summed E-state index contributed by atoms with van der Waals surface area (Å²) in [6.07, 6.45) is 4.00. The lowest BCUT2D eigenvalue weighted by Gasteiger charge is -2.20. The Hall–Kier alpha value is -3.01. The molecule has 0 saturated heterocycles. The summed E-state index contributed by atoms with van der Waals surface area (Å²) >= 11 is 0. The van der Waals surface area contributed by atoms with Crippen molar-refractivity contribution < 1.29 is 9.53 Å². The average molecular weight is 391 g/mol. The lowest BCUT2D eigenvalue weighted by molar-refractivity contribution is 0.101. The van der Waals surface area contributed by atoms with Crippen LogP contribution in [0.15, 0.2) is 66.7 Å². The molecule has 0 aliphatic rings. The number of carbonyl (C=O) groups excluding carboxylic acids is 1. The van der Waals surface area contributed by atoms with Crippen LogP contribution in [0.1, 0.15) is 54.5 Å². The van der Waals surface area contributed by atoms with E-state index in [4.69, 9.17) is 4.74 Å². The fourth-order valence-electron chi connectivity index (χ4n) is 3.63. The zero-order valence-corrected chi connectivity index (χ0v) is 17.5. The van der Waals surface area contributed by atoms with Crippen LogP contribution in [-0.4, -0.2) is 17.6 Å². The molecule has 2 aromatic carbocycles. The van der Waals surface area contributed by atoms with Gasteiger partial charge in [0.1, 0.15) is 11.4 Å². The summed E-state index contributed by atoms with van der Waals surface area (Å²) in [5.74, 6) is 0.551. The number of amides is 1. The molecule has 4 heteroatoms. The Morgan fingerprint density at radius 1 is 1.00 bits per heavy atom. The number of aromatic nitrogens is 1. The fourth-order valence-corrected chi connectivity index (χ4v) is 3.63. The van der Waals surface area contributed by atoms with Gasteiger partial charge in [-0.25, -0.2) is 0 Å². The average Bonchev–Trinajstić information content (AvgIpc) is 3.18. The molecule has 0 spiro atoms. The minimum Gasteiger partial charge on any atom is -0.495 e. The van der Waals surface area contributed by atoms with E-state index in [1.807, 2.05) is 36.4 Å². The van der Waals surface area contributed by atoms with Crippen LogP contribution in [-0.2, 0) is 12.8 Å². The monoisotopic (exact) mass is 390 g/mol. The number of benzene rings is 2. The molecule has 0 bridgehead atoms. The molecule has 4 nitrogen and oxygen atoms in total. The number of aryl methyl sites for hydroxylation is 2. The third kappa shape index (κ3) is 5.08. The van der Waals surface area contributed by atoms with Crippen LogP contribution in [0.3, 0.4) is 0 Å². The molecule has 0 saturated carbocycles. The summed E-state index contributed by atoms with van der Waals surface area (Å²) in [5, 5.41) is 3.01. The van der Waals surface area contributed by atoms with Gasteiger partial charge in [-0.15, -0.1) is 0 Å².